The van der Waals surface area contributed by atoms with Crippen LogP contribution in [0.3, 0.4) is 0 Å². The molecule has 0 spiro atoms. The number of nitrogens with zero attached hydrogens (tertiary/aromatic N) is 1. The van der Waals surface area contributed by atoms with Crippen molar-refractivity contribution < 1.29 is 21.6 Å². The average molecular weight is 285 g/mol. The highest BCUT2D eigenvalue weighted by Gasteiger charge is 2.29. The molecule has 0 saturated heterocycles. The third-order valence-electron chi connectivity index (χ3n) is 1.58. The van der Waals surface area contributed by atoms with Crippen molar-refractivity contribution in [1.29, 1.82) is 0 Å². The molecule has 0 bridgehead atoms. The molecule has 1 heterocycles. The van der Waals surface area contributed by atoms with Gasteiger partial charge in [0.05, 0.1) is 6.61 Å². The van der Waals surface area contributed by atoms with Crippen LogP contribution in [0.4, 0.5) is 0 Å². The summed E-state index contributed by atoms with van der Waals surface area (Å²) in [5.41, 5.74) is 0. The van der Waals surface area contributed by atoms with E-state index < -0.39 is 19.7 Å². The van der Waals surface area contributed by atoms with Crippen LogP contribution >= 0.6 is 11.5 Å². The van der Waals surface area contributed by atoms with Gasteiger partial charge < -0.3 is 4.74 Å². The Morgan fingerprint density at radius 2 is 1.75 bits per heavy atom. The van der Waals surface area contributed by atoms with Crippen LogP contribution in [0.25, 0.3) is 0 Å². The van der Waals surface area contributed by atoms with E-state index in [0.717, 1.165) is 12.5 Å². The lowest BCUT2D eigenvalue weighted by molar-refractivity contribution is 0.320. The summed E-state index contributed by atoms with van der Waals surface area (Å²) in [5, 5.41) is 0. The molecule has 0 aliphatic rings. The number of ether oxygens (including phenoxy) is 1. The minimum atomic E-state index is -3.68. The second-order valence-corrected chi connectivity index (χ2v) is 8.02. The normalized spacial score (nSPS) is 12.7. The molecule has 0 amide bonds. The zero-order chi connectivity index (χ0) is 12.6. The highest BCUT2D eigenvalue weighted by atomic mass is 32.2. The first-order valence-electron chi connectivity index (χ1n) is 4.20. The molecule has 0 unspecified atom stereocenters. The maximum Gasteiger partial charge on any atom is 0.245 e. The third kappa shape index (κ3) is 2.71. The number of rotatable bonds is 4. The zero-order valence-corrected chi connectivity index (χ0v) is 11.4. The van der Waals surface area contributed by atoms with Gasteiger partial charge in [0, 0.05) is 12.5 Å². The van der Waals surface area contributed by atoms with E-state index in [9.17, 15) is 16.8 Å². The maximum absolute atomic E-state index is 11.5. The van der Waals surface area contributed by atoms with E-state index in [2.05, 4.69) is 4.37 Å². The molecule has 0 aliphatic carbocycles. The molecule has 9 heteroatoms. The average Bonchev–Trinajstić information content (AvgIpc) is 2.46. The highest BCUT2D eigenvalue weighted by molar-refractivity contribution is 7.95. The molecule has 0 saturated carbocycles. The first kappa shape index (κ1) is 13.4. The van der Waals surface area contributed by atoms with Crippen molar-refractivity contribution in [2.24, 2.45) is 0 Å². The summed E-state index contributed by atoms with van der Waals surface area (Å²) in [7, 11) is -7.30. The molecule has 1 aromatic heterocycles. The summed E-state index contributed by atoms with van der Waals surface area (Å²) in [6.45, 7) is 1.88. The van der Waals surface area contributed by atoms with E-state index in [1.54, 1.807) is 6.92 Å². The van der Waals surface area contributed by atoms with Crippen LogP contribution in [0.15, 0.2) is 9.10 Å². The quantitative estimate of drug-likeness (QED) is 0.792. The van der Waals surface area contributed by atoms with Crippen molar-refractivity contribution in [2.75, 3.05) is 19.1 Å². The van der Waals surface area contributed by atoms with Gasteiger partial charge in [-0.2, -0.15) is 4.37 Å². The van der Waals surface area contributed by atoms with Gasteiger partial charge in [-0.1, -0.05) is 0 Å². The Labute approximate surface area is 98.3 Å². The molecule has 6 nitrogen and oxygen atoms in total. The smallest absolute Gasteiger partial charge is 0.245 e. The lowest BCUT2D eigenvalue weighted by Gasteiger charge is -2.02. The Bertz CT molecular complexity index is 584. The number of aromatic nitrogens is 1. The minimum absolute atomic E-state index is 0.143. The van der Waals surface area contributed by atoms with Gasteiger partial charge in [0.1, 0.15) is 0 Å². The monoisotopic (exact) mass is 285 g/mol. The van der Waals surface area contributed by atoms with Crippen LogP contribution < -0.4 is 4.74 Å². The van der Waals surface area contributed by atoms with E-state index in [4.69, 9.17) is 4.74 Å². The predicted octanol–water partition coefficient (Wildman–Crippen LogP) is 0.349. The minimum Gasteiger partial charge on any atom is -0.476 e. The second-order valence-electron chi connectivity index (χ2n) is 3.08. The second kappa shape index (κ2) is 4.30. The Morgan fingerprint density at radius 1 is 1.19 bits per heavy atom. The molecule has 1 aromatic rings. The molecule has 0 fully saturated rings. The summed E-state index contributed by atoms with van der Waals surface area (Å²) in [4.78, 5) is -0.346. The van der Waals surface area contributed by atoms with E-state index >= 15 is 0 Å². The summed E-state index contributed by atoms with van der Waals surface area (Å²) < 4.78 is 54.1. The SMILES string of the molecule is CCOc1nsc(S(C)(=O)=O)c1S(C)(=O)=O. The molecule has 0 N–H and O–H groups in total. The van der Waals surface area contributed by atoms with Crippen molar-refractivity contribution in [1.82, 2.24) is 4.37 Å². The topological polar surface area (TPSA) is 90.4 Å². The Morgan fingerprint density at radius 3 is 2.12 bits per heavy atom. The van der Waals surface area contributed by atoms with Gasteiger partial charge >= 0.3 is 0 Å². The van der Waals surface area contributed by atoms with Crippen LogP contribution in [-0.4, -0.2) is 40.3 Å². The fourth-order valence-corrected chi connectivity index (χ4v) is 4.84. The molecular weight excluding hydrogens is 274 g/mol. The lowest BCUT2D eigenvalue weighted by Crippen LogP contribution is -2.06. The Kier molecular flexibility index (Phi) is 3.60. The van der Waals surface area contributed by atoms with Crippen molar-refractivity contribution in [3.05, 3.63) is 0 Å². The molecule has 16 heavy (non-hydrogen) atoms. The third-order valence-corrected chi connectivity index (χ3v) is 5.60. The number of hydrogen-bond donors (Lipinski definition) is 0. The van der Waals surface area contributed by atoms with Crippen LogP contribution in [0.2, 0.25) is 0 Å². The van der Waals surface area contributed by atoms with Gasteiger partial charge in [-0.3, -0.25) is 0 Å². The van der Waals surface area contributed by atoms with E-state index in [1.165, 1.54) is 0 Å². The number of sulfone groups is 2. The standard InChI is InChI=1S/C7H11NO5S3/c1-4-13-6-5(15(2,9)10)7(14-8-6)16(3,11)12/h4H2,1-3H3. The summed E-state index contributed by atoms with van der Waals surface area (Å²) in [5.74, 6) is -0.143. The Hall–Kier alpha value is -0.670. The van der Waals surface area contributed by atoms with E-state index in [1.807, 2.05) is 0 Å². The van der Waals surface area contributed by atoms with Crippen molar-refractivity contribution in [2.45, 2.75) is 16.0 Å². The zero-order valence-electron chi connectivity index (χ0n) is 8.92. The largest absolute Gasteiger partial charge is 0.476 e. The molecule has 0 aliphatic heterocycles. The first-order chi connectivity index (χ1) is 7.18. The summed E-state index contributed by atoms with van der Waals surface area (Å²) in [6, 6.07) is 0. The van der Waals surface area contributed by atoms with Gasteiger partial charge in [-0.15, -0.1) is 0 Å². The predicted molar refractivity (Wildman–Crippen MR) is 59.5 cm³/mol. The van der Waals surface area contributed by atoms with Crippen LogP contribution in [-0.2, 0) is 19.7 Å². The van der Waals surface area contributed by atoms with Gasteiger partial charge in [0.25, 0.3) is 0 Å². The van der Waals surface area contributed by atoms with Crippen molar-refractivity contribution in [3.8, 4) is 5.88 Å². The van der Waals surface area contributed by atoms with E-state index in [-0.39, 0.29) is 21.6 Å². The Balaban J connectivity index is 3.56. The van der Waals surface area contributed by atoms with Crippen molar-refractivity contribution in [3.63, 3.8) is 0 Å². The van der Waals surface area contributed by atoms with Gasteiger partial charge in [0.2, 0.25) is 5.88 Å². The van der Waals surface area contributed by atoms with Gasteiger partial charge in [0.15, 0.2) is 28.8 Å². The van der Waals surface area contributed by atoms with Crippen LogP contribution in [0, 0.1) is 0 Å². The van der Waals surface area contributed by atoms with Crippen LogP contribution in [0.1, 0.15) is 6.92 Å². The molecule has 0 atom stereocenters. The van der Waals surface area contributed by atoms with Crippen LogP contribution in [0.5, 0.6) is 5.88 Å². The summed E-state index contributed by atoms with van der Waals surface area (Å²) >= 11 is 0.608. The maximum atomic E-state index is 11.5. The van der Waals surface area contributed by atoms with Gasteiger partial charge in [-0.25, -0.2) is 16.8 Å². The fourth-order valence-electron chi connectivity index (χ4n) is 1.03. The van der Waals surface area contributed by atoms with Gasteiger partial charge in [-0.05, 0) is 18.5 Å². The number of hydrogen-bond acceptors (Lipinski definition) is 7. The van der Waals surface area contributed by atoms with Crippen molar-refractivity contribution >= 4 is 31.2 Å². The summed E-state index contributed by atoms with van der Waals surface area (Å²) in [6.07, 6.45) is 1.86. The molecule has 1 rings (SSSR count). The first-order valence-corrected chi connectivity index (χ1v) is 8.76. The molecule has 92 valence electrons. The molecule has 0 radical (unpaired) electrons. The molecular formula is C7H11NO5S3. The van der Waals surface area contributed by atoms with E-state index in [0.29, 0.717) is 11.5 Å². The molecule has 0 aromatic carbocycles. The lowest BCUT2D eigenvalue weighted by atomic mass is 10.7. The highest BCUT2D eigenvalue weighted by Crippen LogP contribution is 2.33. The fraction of sp³-hybridized carbons (Fsp3) is 0.571.